The molecule has 1 N–H and O–H groups in total. The van der Waals surface area contributed by atoms with Crippen molar-refractivity contribution in [2.45, 2.75) is 19.8 Å². The number of hydrogen-bond acceptors (Lipinski definition) is 6. The average molecular weight is 430 g/mol. The van der Waals surface area contributed by atoms with Gasteiger partial charge < -0.3 is 10.1 Å². The number of nitrogens with one attached hydrogen (secondary N) is 1. The molecule has 0 spiro atoms. The highest BCUT2D eigenvalue weighted by molar-refractivity contribution is 5.93. The van der Waals surface area contributed by atoms with Gasteiger partial charge in [0.1, 0.15) is 5.92 Å². The molecule has 8 nitrogen and oxygen atoms in total. The van der Waals surface area contributed by atoms with E-state index in [2.05, 4.69) is 5.32 Å². The van der Waals surface area contributed by atoms with E-state index in [-0.39, 0.29) is 11.3 Å². The summed E-state index contributed by atoms with van der Waals surface area (Å²) in [5.41, 5.74) is 3.66. The van der Waals surface area contributed by atoms with Crippen molar-refractivity contribution in [3.63, 3.8) is 0 Å². The van der Waals surface area contributed by atoms with E-state index in [0.717, 1.165) is 11.3 Å². The predicted molar refractivity (Wildman–Crippen MR) is 119 cm³/mol. The number of allylic oxidation sites excluding steroid dienone is 3. The van der Waals surface area contributed by atoms with Crippen LogP contribution in [0.15, 0.2) is 89.5 Å². The van der Waals surface area contributed by atoms with Gasteiger partial charge in [-0.05, 0) is 26.0 Å². The minimum absolute atomic E-state index is 0.110. The summed E-state index contributed by atoms with van der Waals surface area (Å²) >= 11 is 0. The van der Waals surface area contributed by atoms with Crippen LogP contribution in [0.3, 0.4) is 0 Å². The summed E-state index contributed by atoms with van der Waals surface area (Å²) < 4.78 is 6.68. The number of rotatable bonds is 5. The van der Waals surface area contributed by atoms with E-state index in [0.29, 0.717) is 22.7 Å². The molecule has 0 saturated heterocycles. The fourth-order valence-corrected chi connectivity index (χ4v) is 4.04. The van der Waals surface area contributed by atoms with Crippen LogP contribution in [-0.4, -0.2) is 27.8 Å². The topological polar surface area (TPSA) is 99.3 Å². The zero-order chi connectivity index (χ0) is 22.8. The number of dihydropyridines is 1. The third-order valence-corrected chi connectivity index (χ3v) is 5.45. The number of nitrogens with zero attached hydrogens (tertiary/aromatic N) is 3. The van der Waals surface area contributed by atoms with E-state index >= 15 is 0 Å². The normalized spacial score (nSPS) is 16.0. The van der Waals surface area contributed by atoms with Gasteiger partial charge in [0.05, 0.1) is 34.7 Å². The Morgan fingerprint density at radius 1 is 1.06 bits per heavy atom. The Kier molecular flexibility index (Phi) is 5.59. The molecule has 8 heteroatoms. The standard InChI is InChI=1S/C24H22N4O4/c1-15-20(24(29)32-3)21(23(28(30)31)16(2)25-15)19-14-27(18-12-8-5-9-13-18)26-22(19)17-10-6-4-7-11-17/h4-14,21,25H,1-3H3/t21-/m1/s1. The zero-order valence-electron chi connectivity index (χ0n) is 17.9. The first-order chi connectivity index (χ1) is 15.4. The first kappa shape index (κ1) is 21.0. The molecule has 3 aromatic rings. The molecule has 0 radical (unpaired) electrons. The molecule has 0 bridgehead atoms. The van der Waals surface area contributed by atoms with Crippen molar-refractivity contribution in [3.8, 4) is 16.9 Å². The number of para-hydroxylation sites is 1. The Morgan fingerprint density at radius 3 is 2.28 bits per heavy atom. The van der Waals surface area contributed by atoms with Gasteiger partial charge in [0.2, 0.25) is 0 Å². The molecular weight excluding hydrogens is 408 g/mol. The average Bonchev–Trinajstić information content (AvgIpc) is 3.24. The summed E-state index contributed by atoms with van der Waals surface area (Å²) in [7, 11) is 1.27. The lowest BCUT2D eigenvalue weighted by atomic mass is 9.83. The molecule has 162 valence electrons. The minimum Gasteiger partial charge on any atom is -0.466 e. The predicted octanol–water partition coefficient (Wildman–Crippen LogP) is 4.18. The van der Waals surface area contributed by atoms with E-state index in [1.54, 1.807) is 24.7 Å². The second kappa shape index (κ2) is 8.50. The van der Waals surface area contributed by atoms with Crippen LogP contribution in [0, 0.1) is 10.1 Å². The lowest BCUT2D eigenvalue weighted by molar-refractivity contribution is -0.431. The number of methoxy groups -OCH3 is 1. The van der Waals surface area contributed by atoms with Gasteiger partial charge in [-0.1, -0.05) is 48.5 Å². The summed E-state index contributed by atoms with van der Waals surface area (Å²) in [5.74, 6) is -1.58. The second-order valence-corrected chi connectivity index (χ2v) is 7.43. The van der Waals surface area contributed by atoms with Crippen LogP contribution < -0.4 is 5.32 Å². The fraction of sp³-hybridized carbons (Fsp3) is 0.167. The maximum Gasteiger partial charge on any atom is 0.336 e. The van der Waals surface area contributed by atoms with Gasteiger partial charge in [0.25, 0.3) is 5.70 Å². The number of hydrogen-bond donors (Lipinski definition) is 1. The van der Waals surface area contributed by atoms with Crippen LogP contribution >= 0.6 is 0 Å². The van der Waals surface area contributed by atoms with Gasteiger partial charge in [0.15, 0.2) is 0 Å². The maximum absolute atomic E-state index is 12.8. The number of aromatic nitrogens is 2. The first-order valence-corrected chi connectivity index (χ1v) is 10.0. The van der Waals surface area contributed by atoms with E-state index in [9.17, 15) is 14.9 Å². The van der Waals surface area contributed by atoms with Crippen LogP contribution in [0.25, 0.3) is 16.9 Å². The Morgan fingerprint density at radius 2 is 1.69 bits per heavy atom. The van der Waals surface area contributed by atoms with Crippen LogP contribution in [0.4, 0.5) is 0 Å². The quantitative estimate of drug-likeness (QED) is 0.370. The summed E-state index contributed by atoms with van der Waals surface area (Å²) in [6.45, 7) is 3.34. The first-order valence-electron chi connectivity index (χ1n) is 10.0. The molecule has 0 fully saturated rings. The summed E-state index contributed by atoms with van der Waals surface area (Å²) in [6, 6.07) is 18.9. The number of esters is 1. The van der Waals surface area contributed by atoms with Crippen LogP contribution in [-0.2, 0) is 9.53 Å². The van der Waals surface area contributed by atoms with Crippen molar-refractivity contribution < 1.29 is 14.5 Å². The smallest absolute Gasteiger partial charge is 0.336 e. The highest BCUT2D eigenvalue weighted by Crippen LogP contribution is 2.42. The van der Waals surface area contributed by atoms with Gasteiger partial charge in [-0.25, -0.2) is 9.48 Å². The molecule has 0 saturated carbocycles. The van der Waals surface area contributed by atoms with Crippen LogP contribution in [0.1, 0.15) is 25.3 Å². The highest BCUT2D eigenvalue weighted by atomic mass is 16.6. The Bertz CT molecular complexity index is 1240. The molecule has 0 aliphatic carbocycles. The highest BCUT2D eigenvalue weighted by Gasteiger charge is 2.43. The van der Waals surface area contributed by atoms with Crippen molar-refractivity contribution in [3.05, 3.63) is 105 Å². The van der Waals surface area contributed by atoms with Gasteiger partial charge in [-0.15, -0.1) is 0 Å². The molecule has 4 rings (SSSR count). The third kappa shape index (κ3) is 3.66. The summed E-state index contributed by atoms with van der Waals surface area (Å²) in [4.78, 5) is 24.5. The van der Waals surface area contributed by atoms with E-state index in [1.165, 1.54) is 7.11 Å². The molecule has 1 aliphatic rings. The second-order valence-electron chi connectivity index (χ2n) is 7.43. The van der Waals surface area contributed by atoms with E-state index in [4.69, 9.17) is 9.84 Å². The number of ether oxygens (including phenoxy) is 1. The molecule has 2 aromatic carbocycles. The maximum atomic E-state index is 12.8. The molecular formula is C24H22N4O4. The Labute approximate surface area is 185 Å². The molecule has 0 unspecified atom stereocenters. The Hall–Kier alpha value is -4.20. The molecule has 32 heavy (non-hydrogen) atoms. The van der Waals surface area contributed by atoms with E-state index < -0.39 is 16.8 Å². The van der Waals surface area contributed by atoms with Crippen molar-refractivity contribution >= 4 is 5.97 Å². The van der Waals surface area contributed by atoms with Crippen molar-refractivity contribution in [2.24, 2.45) is 0 Å². The number of carbonyl (C=O) groups excluding carboxylic acids is 1. The third-order valence-electron chi connectivity index (χ3n) is 5.45. The fourth-order valence-electron chi connectivity index (χ4n) is 4.04. The monoisotopic (exact) mass is 430 g/mol. The van der Waals surface area contributed by atoms with E-state index in [1.807, 2.05) is 60.7 Å². The Balaban J connectivity index is 2.02. The van der Waals surface area contributed by atoms with Gasteiger partial charge in [-0.3, -0.25) is 10.1 Å². The SMILES string of the molecule is COC(=O)C1=C(C)NC(C)=C([N+](=O)[O-])[C@@H]1c1cn(-c2ccccc2)nc1-c1ccccc1. The van der Waals surface area contributed by atoms with Gasteiger partial charge in [-0.2, -0.15) is 5.10 Å². The molecule has 1 aromatic heterocycles. The van der Waals surface area contributed by atoms with Crippen molar-refractivity contribution in [2.75, 3.05) is 7.11 Å². The molecule has 1 atom stereocenters. The lowest BCUT2D eigenvalue weighted by Crippen LogP contribution is -2.31. The van der Waals surface area contributed by atoms with Crippen LogP contribution in [0.2, 0.25) is 0 Å². The summed E-state index contributed by atoms with van der Waals surface area (Å²) in [6.07, 6.45) is 1.75. The largest absolute Gasteiger partial charge is 0.466 e. The number of benzene rings is 2. The van der Waals surface area contributed by atoms with Crippen molar-refractivity contribution in [1.29, 1.82) is 0 Å². The lowest BCUT2D eigenvalue weighted by Gasteiger charge is -2.25. The molecule has 1 aliphatic heterocycles. The van der Waals surface area contributed by atoms with Crippen molar-refractivity contribution in [1.82, 2.24) is 15.1 Å². The minimum atomic E-state index is -0.952. The zero-order valence-corrected chi connectivity index (χ0v) is 17.9. The number of nitro groups is 1. The number of carbonyl (C=O) groups is 1. The molecule has 2 heterocycles. The van der Waals surface area contributed by atoms with Crippen LogP contribution in [0.5, 0.6) is 0 Å². The summed E-state index contributed by atoms with van der Waals surface area (Å²) in [5, 5.41) is 19.9. The van der Waals surface area contributed by atoms with Gasteiger partial charge >= 0.3 is 5.97 Å². The molecule has 0 amide bonds. The van der Waals surface area contributed by atoms with Gasteiger partial charge in [0, 0.05) is 23.0 Å².